The summed E-state index contributed by atoms with van der Waals surface area (Å²) in [4.78, 5) is 4.13. The highest BCUT2D eigenvalue weighted by Crippen LogP contribution is 2.29. The number of pyridine rings is 1. The van der Waals surface area contributed by atoms with Crippen molar-refractivity contribution in [3.8, 4) is 10.6 Å². The fraction of sp³-hybridized carbons (Fsp3) is 0.188. The number of aromatic nitrogens is 3. The summed E-state index contributed by atoms with van der Waals surface area (Å²) < 4.78 is 0. The Bertz CT molecular complexity index is 682. The first-order chi connectivity index (χ1) is 10.4. The predicted molar refractivity (Wildman–Crippen MR) is 85.1 cm³/mol. The molecule has 0 saturated heterocycles. The number of rotatable bonds is 5. The van der Waals surface area contributed by atoms with Gasteiger partial charge in [0.05, 0.1) is 6.04 Å². The van der Waals surface area contributed by atoms with Gasteiger partial charge in [-0.2, -0.15) is 0 Å². The Morgan fingerprint density at radius 2 is 1.95 bits per heavy atom. The lowest BCUT2D eigenvalue weighted by Gasteiger charge is -2.14. The van der Waals surface area contributed by atoms with Crippen molar-refractivity contribution in [1.29, 1.82) is 0 Å². The van der Waals surface area contributed by atoms with Crippen molar-refractivity contribution >= 4 is 11.3 Å². The highest BCUT2D eigenvalue weighted by atomic mass is 32.1. The third-order valence-electron chi connectivity index (χ3n) is 3.14. The maximum atomic E-state index is 4.37. The summed E-state index contributed by atoms with van der Waals surface area (Å²) in [5, 5.41) is 14.0. The molecule has 5 heteroatoms. The summed E-state index contributed by atoms with van der Waals surface area (Å²) in [6, 6.07) is 14.3. The molecular weight excluding hydrogens is 280 g/mol. The van der Waals surface area contributed by atoms with Crippen LogP contribution in [-0.4, -0.2) is 21.7 Å². The number of nitrogens with one attached hydrogen (secondary N) is 1. The second-order valence-corrected chi connectivity index (χ2v) is 5.60. The van der Waals surface area contributed by atoms with Crippen molar-refractivity contribution in [2.75, 3.05) is 6.54 Å². The van der Waals surface area contributed by atoms with Crippen LogP contribution in [-0.2, 0) is 0 Å². The smallest absolute Gasteiger partial charge is 0.149 e. The Morgan fingerprint density at radius 3 is 2.67 bits per heavy atom. The Labute approximate surface area is 127 Å². The first-order valence-electron chi connectivity index (χ1n) is 6.90. The molecule has 0 aliphatic heterocycles. The van der Waals surface area contributed by atoms with Crippen LogP contribution in [0.3, 0.4) is 0 Å². The summed E-state index contributed by atoms with van der Waals surface area (Å²) in [5.41, 5.74) is 2.21. The van der Waals surface area contributed by atoms with Crippen LogP contribution >= 0.6 is 11.3 Å². The average molecular weight is 296 g/mol. The molecular formula is C16H16N4S. The lowest BCUT2D eigenvalue weighted by molar-refractivity contribution is 0.621. The minimum absolute atomic E-state index is 0.0825. The van der Waals surface area contributed by atoms with E-state index in [2.05, 4.69) is 39.6 Å². The van der Waals surface area contributed by atoms with Crippen molar-refractivity contribution in [3.63, 3.8) is 0 Å². The van der Waals surface area contributed by atoms with Gasteiger partial charge in [0, 0.05) is 18.0 Å². The zero-order valence-electron chi connectivity index (χ0n) is 11.7. The van der Waals surface area contributed by atoms with E-state index < -0.39 is 0 Å². The lowest BCUT2D eigenvalue weighted by Crippen LogP contribution is -2.21. The average Bonchev–Trinajstić information content (AvgIpc) is 3.04. The normalized spacial score (nSPS) is 12.2. The van der Waals surface area contributed by atoms with E-state index >= 15 is 0 Å². The summed E-state index contributed by atoms with van der Waals surface area (Å²) in [5.74, 6) is 0. The van der Waals surface area contributed by atoms with Gasteiger partial charge in [-0.15, -0.1) is 10.2 Å². The third kappa shape index (κ3) is 3.15. The van der Waals surface area contributed by atoms with Crippen molar-refractivity contribution in [2.45, 2.75) is 13.0 Å². The molecule has 1 N–H and O–H groups in total. The second-order valence-electron chi connectivity index (χ2n) is 4.59. The van der Waals surface area contributed by atoms with Gasteiger partial charge in [0.1, 0.15) is 10.0 Å². The van der Waals surface area contributed by atoms with Crippen LogP contribution in [0.4, 0.5) is 0 Å². The van der Waals surface area contributed by atoms with Gasteiger partial charge in [-0.3, -0.25) is 4.98 Å². The zero-order chi connectivity index (χ0) is 14.5. The standard InChI is InChI=1S/C16H16N4S/c1-2-18-14(12-7-4-3-5-8-12)16-20-19-15(21-16)13-9-6-10-17-11-13/h3-11,14,18H,2H2,1H3. The molecule has 0 saturated carbocycles. The Kier molecular flexibility index (Phi) is 4.33. The van der Waals surface area contributed by atoms with E-state index in [0.717, 1.165) is 22.1 Å². The van der Waals surface area contributed by atoms with Gasteiger partial charge in [0.2, 0.25) is 0 Å². The highest BCUT2D eigenvalue weighted by molar-refractivity contribution is 7.14. The fourth-order valence-electron chi connectivity index (χ4n) is 2.15. The van der Waals surface area contributed by atoms with Gasteiger partial charge in [0.15, 0.2) is 0 Å². The van der Waals surface area contributed by atoms with Crippen LogP contribution in [0.25, 0.3) is 10.6 Å². The van der Waals surface area contributed by atoms with E-state index in [0.29, 0.717) is 0 Å². The van der Waals surface area contributed by atoms with Crippen molar-refractivity contribution in [1.82, 2.24) is 20.5 Å². The summed E-state index contributed by atoms with van der Waals surface area (Å²) in [6.45, 7) is 2.97. The maximum absolute atomic E-state index is 4.37. The summed E-state index contributed by atoms with van der Waals surface area (Å²) >= 11 is 1.60. The van der Waals surface area contributed by atoms with Gasteiger partial charge < -0.3 is 5.32 Å². The molecule has 0 bridgehead atoms. The van der Waals surface area contributed by atoms with Gasteiger partial charge in [-0.25, -0.2) is 0 Å². The molecule has 3 aromatic rings. The third-order valence-corrected chi connectivity index (χ3v) is 4.17. The molecule has 1 aromatic carbocycles. The molecule has 3 rings (SSSR count). The fourth-order valence-corrected chi connectivity index (χ4v) is 3.09. The topological polar surface area (TPSA) is 50.7 Å². The van der Waals surface area contributed by atoms with E-state index in [1.54, 1.807) is 17.5 Å². The Hall–Kier alpha value is -2.11. The molecule has 1 unspecified atom stereocenters. The summed E-state index contributed by atoms with van der Waals surface area (Å²) in [7, 11) is 0. The van der Waals surface area contributed by atoms with Gasteiger partial charge >= 0.3 is 0 Å². The molecule has 106 valence electrons. The molecule has 21 heavy (non-hydrogen) atoms. The van der Waals surface area contributed by atoms with Crippen LogP contribution < -0.4 is 5.32 Å². The maximum Gasteiger partial charge on any atom is 0.149 e. The largest absolute Gasteiger partial charge is 0.304 e. The second kappa shape index (κ2) is 6.56. The number of hydrogen-bond donors (Lipinski definition) is 1. The summed E-state index contributed by atoms with van der Waals surface area (Å²) in [6.07, 6.45) is 3.58. The molecule has 2 aromatic heterocycles. The van der Waals surface area contributed by atoms with Crippen LogP contribution in [0.1, 0.15) is 23.5 Å². The molecule has 0 spiro atoms. The quantitative estimate of drug-likeness (QED) is 0.785. The first-order valence-corrected chi connectivity index (χ1v) is 7.72. The Morgan fingerprint density at radius 1 is 1.10 bits per heavy atom. The van der Waals surface area contributed by atoms with Crippen molar-refractivity contribution < 1.29 is 0 Å². The monoisotopic (exact) mass is 296 g/mol. The van der Waals surface area contributed by atoms with Crippen molar-refractivity contribution in [3.05, 3.63) is 65.4 Å². The van der Waals surface area contributed by atoms with E-state index in [4.69, 9.17) is 0 Å². The number of benzene rings is 1. The van der Waals surface area contributed by atoms with E-state index in [9.17, 15) is 0 Å². The molecule has 2 heterocycles. The molecule has 0 aliphatic carbocycles. The van der Waals surface area contributed by atoms with Crippen molar-refractivity contribution in [2.24, 2.45) is 0 Å². The van der Waals surface area contributed by atoms with Crippen LogP contribution in [0.5, 0.6) is 0 Å². The van der Waals surface area contributed by atoms with E-state index in [-0.39, 0.29) is 6.04 Å². The number of hydrogen-bond acceptors (Lipinski definition) is 5. The van der Waals surface area contributed by atoms with E-state index in [1.165, 1.54) is 5.56 Å². The highest BCUT2D eigenvalue weighted by Gasteiger charge is 2.18. The first kappa shape index (κ1) is 13.9. The lowest BCUT2D eigenvalue weighted by atomic mass is 10.1. The minimum Gasteiger partial charge on any atom is -0.304 e. The minimum atomic E-state index is 0.0825. The van der Waals surface area contributed by atoms with Crippen LogP contribution in [0.2, 0.25) is 0 Å². The molecule has 0 aliphatic rings. The van der Waals surface area contributed by atoms with Gasteiger partial charge in [-0.1, -0.05) is 48.6 Å². The van der Waals surface area contributed by atoms with Gasteiger partial charge in [0.25, 0.3) is 0 Å². The number of nitrogens with zero attached hydrogens (tertiary/aromatic N) is 3. The molecule has 0 amide bonds. The van der Waals surface area contributed by atoms with Gasteiger partial charge in [-0.05, 0) is 24.2 Å². The molecule has 1 atom stereocenters. The molecule has 4 nitrogen and oxygen atoms in total. The Balaban J connectivity index is 1.93. The molecule has 0 radical (unpaired) electrons. The van der Waals surface area contributed by atoms with Crippen LogP contribution in [0, 0.1) is 0 Å². The SMILES string of the molecule is CCNC(c1ccccc1)c1nnc(-c2cccnc2)s1. The zero-order valence-corrected chi connectivity index (χ0v) is 12.5. The van der Waals surface area contributed by atoms with E-state index in [1.807, 2.05) is 36.5 Å². The van der Waals surface area contributed by atoms with Crippen LogP contribution in [0.15, 0.2) is 54.9 Å². The molecule has 0 fully saturated rings. The predicted octanol–water partition coefficient (Wildman–Crippen LogP) is 3.30.